The lowest BCUT2D eigenvalue weighted by Gasteiger charge is -2.21. The summed E-state index contributed by atoms with van der Waals surface area (Å²) in [6, 6.07) is 15.1. The van der Waals surface area contributed by atoms with Gasteiger partial charge in [0.1, 0.15) is 28.8 Å². The molecule has 1 amide bonds. The van der Waals surface area contributed by atoms with E-state index in [-0.39, 0.29) is 11.6 Å². The van der Waals surface area contributed by atoms with Crippen LogP contribution in [0.4, 0.5) is 10.2 Å². The van der Waals surface area contributed by atoms with E-state index in [0.717, 1.165) is 37.6 Å². The van der Waals surface area contributed by atoms with Crippen LogP contribution in [0, 0.1) is 17.1 Å². The molecule has 0 aliphatic rings. The van der Waals surface area contributed by atoms with Gasteiger partial charge in [-0.2, -0.15) is 5.26 Å². The number of hydrogen-bond donors (Lipinski definition) is 1. The topological polar surface area (TPSA) is 83.6 Å². The number of halogens is 1. The molecule has 1 atom stereocenters. The molecule has 7 heteroatoms. The van der Waals surface area contributed by atoms with Crippen molar-refractivity contribution < 1.29 is 9.18 Å². The van der Waals surface area contributed by atoms with Gasteiger partial charge < -0.3 is 9.88 Å². The summed E-state index contributed by atoms with van der Waals surface area (Å²) in [5.41, 5.74) is 3.07. The Balaban J connectivity index is 1.90. The Morgan fingerprint density at radius 1 is 1.09 bits per heavy atom. The summed E-state index contributed by atoms with van der Waals surface area (Å²) >= 11 is 0. The standard InChI is InChI=1S/C26H26FN5O/c1-3-5-6-9-19(4-2)32-24(31-26(33)17-12-14-18(27)15-13-17)20(16-28)23-25(32)30-22-11-8-7-10-21(22)29-23/h7-8,10-15,19H,3-6,9H2,1-2H3,(H,31,33)/t19-/m0/s1. The SMILES string of the molecule is CCCCC[C@H](CC)n1c(NC(=O)c2ccc(F)cc2)c(C#N)c2nc3ccccc3nc21. The van der Waals surface area contributed by atoms with E-state index in [9.17, 15) is 14.4 Å². The lowest BCUT2D eigenvalue weighted by atomic mass is 10.1. The molecule has 33 heavy (non-hydrogen) atoms. The monoisotopic (exact) mass is 443 g/mol. The molecule has 0 spiro atoms. The van der Waals surface area contributed by atoms with Gasteiger partial charge in [0.25, 0.3) is 5.91 Å². The smallest absolute Gasteiger partial charge is 0.256 e. The molecule has 0 bridgehead atoms. The molecule has 4 rings (SSSR count). The van der Waals surface area contributed by atoms with Crippen molar-refractivity contribution in [1.82, 2.24) is 14.5 Å². The number of rotatable bonds is 8. The predicted molar refractivity (Wildman–Crippen MR) is 128 cm³/mol. The maximum absolute atomic E-state index is 13.3. The number of nitriles is 1. The van der Waals surface area contributed by atoms with Crippen molar-refractivity contribution in [2.75, 3.05) is 5.32 Å². The average Bonchev–Trinajstić information content (AvgIpc) is 3.12. The molecule has 0 saturated carbocycles. The molecule has 2 heterocycles. The number of fused-ring (bicyclic) bond motifs is 2. The van der Waals surface area contributed by atoms with E-state index < -0.39 is 11.7 Å². The predicted octanol–water partition coefficient (Wildman–Crippen LogP) is 6.38. The van der Waals surface area contributed by atoms with Crippen molar-refractivity contribution >= 4 is 33.9 Å². The second-order valence-corrected chi connectivity index (χ2v) is 8.11. The minimum Gasteiger partial charge on any atom is -0.307 e. The van der Waals surface area contributed by atoms with Crippen molar-refractivity contribution in [3.05, 3.63) is 65.5 Å². The number of anilines is 1. The second-order valence-electron chi connectivity index (χ2n) is 8.11. The molecule has 6 nitrogen and oxygen atoms in total. The number of hydrogen-bond acceptors (Lipinski definition) is 4. The van der Waals surface area contributed by atoms with Gasteiger partial charge in [-0.25, -0.2) is 14.4 Å². The molecule has 4 aromatic rings. The van der Waals surface area contributed by atoms with Gasteiger partial charge in [-0.05, 0) is 49.2 Å². The highest BCUT2D eigenvalue weighted by atomic mass is 19.1. The first-order chi connectivity index (χ1) is 16.1. The molecule has 0 radical (unpaired) electrons. The van der Waals surface area contributed by atoms with Crippen LogP contribution in [0.15, 0.2) is 48.5 Å². The lowest BCUT2D eigenvalue weighted by molar-refractivity contribution is 0.102. The first kappa shape index (κ1) is 22.4. The van der Waals surface area contributed by atoms with Crippen LogP contribution in [-0.2, 0) is 0 Å². The summed E-state index contributed by atoms with van der Waals surface area (Å²) in [6.07, 6.45) is 4.94. The quantitative estimate of drug-likeness (QED) is 0.320. The zero-order valence-corrected chi connectivity index (χ0v) is 18.8. The van der Waals surface area contributed by atoms with E-state index in [1.807, 2.05) is 28.8 Å². The van der Waals surface area contributed by atoms with Crippen molar-refractivity contribution in [3.8, 4) is 6.07 Å². The molecule has 0 unspecified atom stereocenters. The number of aromatic nitrogens is 3. The highest BCUT2D eigenvalue weighted by molar-refractivity contribution is 6.06. The second kappa shape index (κ2) is 9.78. The van der Waals surface area contributed by atoms with E-state index in [4.69, 9.17) is 9.97 Å². The Bertz CT molecular complexity index is 1340. The Labute approximate surface area is 192 Å². The first-order valence-corrected chi connectivity index (χ1v) is 11.3. The van der Waals surface area contributed by atoms with Gasteiger partial charge in [0.05, 0.1) is 11.0 Å². The molecule has 1 N–H and O–H groups in total. The van der Waals surface area contributed by atoms with Gasteiger partial charge >= 0.3 is 0 Å². The maximum Gasteiger partial charge on any atom is 0.256 e. The summed E-state index contributed by atoms with van der Waals surface area (Å²) in [5.74, 6) is -0.440. The Hall–Kier alpha value is -3.79. The highest BCUT2D eigenvalue weighted by Gasteiger charge is 2.26. The third-order valence-electron chi connectivity index (χ3n) is 5.92. The number of amides is 1. The van der Waals surface area contributed by atoms with Crippen LogP contribution in [0.5, 0.6) is 0 Å². The fourth-order valence-corrected chi connectivity index (χ4v) is 4.18. The Kier molecular flexibility index (Phi) is 6.64. The molecule has 168 valence electrons. The Morgan fingerprint density at radius 3 is 2.42 bits per heavy atom. The van der Waals surface area contributed by atoms with Gasteiger partial charge in [0, 0.05) is 11.6 Å². The van der Waals surface area contributed by atoms with Crippen molar-refractivity contribution in [2.24, 2.45) is 0 Å². The molecule has 0 aliphatic heterocycles. The van der Waals surface area contributed by atoms with Gasteiger partial charge in [-0.1, -0.05) is 45.2 Å². The molecule has 2 aromatic carbocycles. The first-order valence-electron chi connectivity index (χ1n) is 11.3. The van der Waals surface area contributed by atoms with Crippen LogP contribution < -0.4 is 5.32 Å². The lowest BCUT2D eigenvalue weighted by Crippen LogP contribution is -2.19. The number of nitrogens with one attached hydrogen (secondary N) is 1. The number of para-hydroxylation sites is 2. The van der Waals surface area contributed by atoms with Gasteiger partial charge in [-0.3, -0.25) is 4.79 Å². The molecular formula is C26H26FN5O. The number of benzene rings is 2. The number of carbonyl (C=O) groups is 1. The van der Waals surface area contributed by atoms with E-state index in [1.54, 1.807) is 0 Å². The summed E-state index contributed by atoms with van der Waals surface area (Å²) in [5, 5.41) is 13.0. The van der Waals surface area contributed by atoms with Crippen molar-refractivity contribution in [1.29, 1.82) is 5.26 Å². The Morgan fingerprint density at radius 2 is 1.79 bits per heavy atom. The molecule has 2 aromatic heterocycles. The zero-order chi connectivity index (χ0) is 23.4. The molecule has 0 aliphatic carbocycles. The minimum atomic E-state index is -0.416. The van der Waals surface area contributed by atoms with E-state index in [2.05, 4.69) is 25.2 Å². The summed E-state index contributed by atoms with van der Waals surface area (Å²) in [6.45, 7) is 4.25. The third kappa shape index (κ3) is 4.42. The van der Waals surface area contributed by atoms with E-state index in [1.165, 1.54) is 24.3 Å². The minimum absolute atomic E-state index is 0.0418. The van der Waals surface area contributed by atoms with Gasteiger partial charge in [0.2, 0.25) is 0 Å². The summed E-state index contributed by atoms with van der Waals surface area (Å²) in [4.78, 5) is 22.6. The number of unbranched alkanes of at least 4 members (excludes halogenated alkanes) is 2. The van der Waals surface area contributed by atoms with E-state index in [0.29, 0.717) is 28.1 Å². The average molecular weight is 444 g/mol. The highest BCUT2D eigenvalue weighted by Crippen LogP contribution is 2.35. The normalized spacial score (nSPS) is 12.1. The summed E-state index contributed by atoms with van der Waals surface area (Å²) in [7, 11) is 0. The summed E-state index contributed by atoms with van der Waals surface area (Å²) < 4.78 is 15.3. The number of nitrogens with zero attached hydrogens (tertiary/aromatic N) is 4. The zero-order valence-electron chi connectivity index (χ0n) is 18.8. The fraction of sp³-hybridized carbons (Fsp3) is 0.308. The van der Waals surface area contributed by atoms with Crippen LogP contribution >= 0.6 is 0 Å². The van der Waals surface area contributed by atoms with E-state index >= 15 is 0 Å². The van der Waals surface area contributed by atoms with Gasteiger partial charge in [0.15, 0.2) is 5.65 Å². The maximum atomic E-state index is 13.3. The van der Waals surface area contributed by atoms with Crippen molar-refractivity contribution in [2.45, 2.75) is 52.0 Å². The molecule has 0 fully saturated rings. The van der Waals surface area contributed by atoms with Crippen LogP contribution in [0.1, 0.15) is 67.9 Å². The van der Waals surface area contributed by atoms with Crippen LogP contribution in [0.3, 0.4) is 0 Å². The fourth-order valence-electron chi connectivity index (χ4n) is 4.18. The molecular weight excluding hydrogens is 417 g/mol. The molecule has 0 saturated heterocycles. The van der Waals surface area contributed by atoms with Gasteiger partial charge in [-0.15, -0.1) is 0 Å². The third-order valence-corrected chi connectivity index (χ3v) is 5.92. The number of carbonyl (C=O) groups excluding carboxylic acids is 1. The van der Waals surface area contributed by atoms with Crippen LogP contribution in [-0.4, -0.2) is 20.4 Å². The van der Waals surface area contributed by atoms with Crippen LogP contribution in [0.2, 0.25) is 0 Å². The van der Waals surface area contributed by atoms with Crippen LogP contribution in [0.25, 0.3) is 22.2 Å². The largest absolute Gasteiger partial charge is 0.307 e. The van der Waals surface area contributed by atoms with Crippen molar-refractivity contribution in [3.63, 3.8) is 0 Å².